The molecule has 0 amide bonds. The Balaban J connectivity index is 2.85. The van der Waals surface area contributed by atoms with Crippen LogP contribution in [-0.2, 0) is 0 Å². The van der Waals surface area contributed by atoms with Crippen molar-refractivity contribution in [1.82, 2.24) is 0 Å². The highest BCUT2D eigenvalue weighted by Gasteiger charge is 1.58. The highest BCUT2D eigenvalue weighted by molar-refractivity contribution is 5.02. The van der Waals surface area contributed by atoms with Crippen molar-refractivity contribution >= 4 is 0 Å². The highest BCUT2D eigenvalue weighted by atomic mass is 13.6. The summed E-state index contributed by atoms with van der Waals surface area (Å²) in [5.74, 6) is 0. The van der Waals surface area contributed by atoms with Crippen molar-refractivity contribution in [3.05, 3.63) is 31.2 Å². The molecular weight excluding hydrogens is 72.1 g/mol. The Hall–Kier alpha value is -0.520. The van der Waals surface area contributed by atoms with Crippen LogP contribution in [0.5, 0.6) is 0 Å². The van der Waals surface area contributed by atoms with E-state index < -0.39 is 0 Å². The molecule has 0 aliphatic rings. The molecule has 0 rings (SSSR count). The largest absolute Gasteiger partial charge is 0.0910 e. The number of hydrogen-bond donors (Lipinski definition) is 0. The van der Waals surface area contributed by atoms with E-state index in [1.807, 2.05) is 19.1 Å². The molecule has 6 heavy (non-hydrogen) atoms. The molecule has 0 nitrogen and oxygen atoms in total. The van der Waals surface area contributed by atoms with Gasteiger partial charge in [0.1, 0.15) is 0 Å². The summed E-state index contributed by atoms with van der Waals surface area (Å²) >= 11 is 0. The summed E-state index contributed by atoms with van der Waals surface area (Å²) in [7, 11) is 0. The minimum Gasteiger partial charge on any atom is -0.0910 e. The van der Waals surface area contributed by atoms with Gasteiger partial charge in [0.25, 0.3) is 0 Å². The second-order valence-corrected chi connectivity index (χ2v) is 0.911. The normalized spacial score (nSPS) is 9.50. The van der Waals surface area contributed by atoms with Gasteiger partial charge in [-0.1, -0.05) is 24.8 Å². The predicted octanol–water partition coefficient (Wildman–Crippen LogP) is 1.76. The molecule has 0 aromatic carbocycles. The third kappa shape index (κ3) is 3.48. The molecule has 0 N–H and O–H groups in total. The van der Waals surface area contributed by atoms with E-state index in [4.69, 9.17) is 6.58 Å². The molecule has 0 unspecified atom stereocenters. The molecule has 0 aliphatic carbocycles. The van der Waals surface area contributed by atoms with Gasteiger partial charge in [-0.15, -0.1) is 0 Å². The topological polar surface area (TPSA) is 0 Å². The molecule has 2 radical (unpaired) electrons. The van der Waals surface area contributed by atoms with Crippen molar-refractivity contribution < 1.29 is 0 Å². The summed E-state index contributed by atoms with van der Waals surface area (Å²) in [5, 5.41) is 0. The van der Waals surface area contributed by atoms with Crippen LogP contribution >= 0.6 is 0 Å². The van der Waals surface area contributed by atoms with E-state index in [9.17, 15) is 0 Å². The second-order valence-electron chi connectivity index (χ2n) is 0.911. The molecule has 0 heterocycles. The summed E-state index contributed by atoms with van der Waals surface area (Å²) in [5.41, 5.74) is 0. The maximum Gasteiger partial charge on any atom is 0.00472 e. The first-order chi connectivity index (χ1) is 2.91. The number of hydrogen-bond acceptors (Lipinski definition) is 0. The van der Waals surface area contributed by atoms with Crippen molar-refractivity contribution in [2.45, 2.75) is 6.92 Å². The first kappa shape index (κ1) is 5.48. The van der Waals surface area contributed by atoms with Gasteiger partial charge in [-0.05, 0) is 6.92 Å². The molecule has 0 aliphatic heterocycles. The molecule has 32 valence electrons. The lowest BCUT2D eigenvalue weighted by Gasteiger charge is -1.68. The first-order valence-corrected chi connectivity index (χ1v) is 1.91. The molecule has 0 spiro atoms. The van der Waals surface area contributed by atoms with Crippen LogP contribution in [0.15, 0.2) is 18.2 Å². The van der Waals surface area contributed by atoms with Crippen molar-refractivity contribution in [3.8, 4) is 0 Å². The Labute approximate surface area is 39.2 Å². The van der Waals surface area contributed by atoms with Crippen LogP contribution in [-0.4, -0.2) is 0 Å². The van der Waals surface area contributed by atoms with Gasteiger partial charge in [-0.25, -0.2) is 0 Å². The zero-order valence-corrected chi connectivity index (χ0v) is 3.89. The minimum absolute atomic E-state index is 1.50. The summed E-state index contributed by atoms with van der Waals surface area (Å²) in [6, 6.07) is 0. The Morgan fingerprint density at radius 2 is 2.17 bits per heavy atom. The Morgan fingerprint density at radius 3 is 2.33 bits per heavy atom. The van der Waals surface area contributed by atoms with Gasteiger partial charge in [0.05, 0.1) is 0 Å². The first-order valence-electron chi connectivity index (χ1n) is 1.91. The standard InChI is InChI=1S/C6H8/c1-3-5-6-4-2/h1,3-6H,2H3/b3-1?,6-4+. The fourth-order valence-corrected chi connectivity index (χ4v) is 0.175. The Kier molecular flexibility index (Phi) is 4.09. The van der Waals surface area contributed by atoms with E-state index in [2.05, 4.69) is 0 Å². The lowest BCUT2D eigenvalue weighted by Crippen LogP contribution is -1.50. The van der Waals surface area contributed by atoms with E-state index in [1.54, 1.807) is 6.42 Å². The fraction of sp³-hybridized carbons (Fsp3) is 0.167. The summed E-state index contributed by atoms with van der Waals surface area (Å²) in [6.07, 6.45) is 7.07. The zero-order chi connectivity index (χ0) is 4.83. The molecule has 0 aromatic heterocycles. The van der Waals surface area contributed by atoms with Gasteiger partial charge in [-0.3, -0.25) is 0 Å². The smallest absolute Gasteiger partial charge is 0.00472 e. The maximum atomic E-state index is 4.98. The summed E-state index contributed by atoms with van der Waals surface area (Å²) < 4.78 is 0. The Bertz CT molecular complexity index is 51.1. The Morgan fingerprint density at radius 1 is 1.50 bits per heavy atom. The minimum atomic E-state index is 1.50. The molecule has 0 atom stereocenters. The highest BCUT2D eigenvalue weighted by Crippen LogP contribution is 1.76. The van der Waals surface area contributed by atoms with Gasteiger partial charge in [-0.2, -0.15) is 0 Å². The van der Waals surface area contributed by atoms with E-state index in [0.717, 1.165) is 0 Å². The van der Waals surface area contributed by atoms with Crippen LogP contribution in [0.25, 0.3) is 0 Å². The van der Waals surface area contributed by atoms with E-state index in [0.29, 0.717) is 0 Å². The fourth-order valence-electron chi connectivity index (χ4n) is 0.175. The molecular formula is C6H8. The lowest BCUT2D eigenvalue weighted by atomic mass is 10.4. The monoisotopic (exact) mass is 80.1 g/mol. The average Bonchev–Trinajstić information content (AvgIpc) is 1.61. The second kappa shape index (κ2) is 4.48. The lowest BCUT2D eigenvalue weighted by molar-refractivity contribution is 1.67. The molecule has 0 aromatic rings. The molecule has 0 saturated carbocycles. The number of allylic oxidation sites excluding steroid dienone is 3. The van der Waals surface area contributed by atoms with E-state index >= 15 is 0 Å². The van der Waals surface area contributed by atoms with Crippen LogP contribution < -0.4 is 0 Å². The average molecular weight is 80.1 g/mol. The third-order valence-electron chi connectivity index (χ3n) is 0.415. The predicted molar refractivity (Wildman–Crippen MR) is 28.0 cm³/mol. The van der Waals surface area contributed by atoms with Gasteiger partial charge in [0.2, 0.25) is 0 Å². The van der Waals surface area contributed by atoms with Gasteiger partial charge < -0.3 is 0 Å². The SMILES string of the molecule is [CH]=C[CH]/C=C/C. The van der Waals surface area contributed by atoms with Crippen molar-refractivity contribution in [2.24, 2.45) is 0 Å². The quantitative estimate of drug-likeness (QED) is 0.474. The van der Waals surface area contributed by atoms with Crippen LogP contribution in [0.1, 0.15) is 6.92 Å². The van der Waals surface area contributed by atoms with Crippen molar-refractivity contribution in [2.75, 3.05) is 0 Å². The maximum absolute atomic E-state index is 4.98. The zero-order valence-electron chi connectivity index (χ0n) is 3.89. The molecule has 0 fully saturated rings. The van der Waals surface area contributed by atoms with Crippen LogP contribution in [0.2, 0.25) is 0 Å². The van der Waals surface area contributed by atoms with Gasteiger partial charge in [0, 0.05) is 6.42 Å². The summed E-state index contributed by atoms with van der Waals surface area (Å²) in [4.78, 5) is 0. The van der Waals surface area contributed by atoms with Crippen LogP contribution in [0.4, 0.5) is 0 Å². The van der Waals surface area contributed by atoms with E-state index in [-0.39, 0.29) is 0 Å². The molecule has 0 heteroatoms. The molecule has 0 saturated heterocycles. The van der Waals surface area contributed by atoms with Crippen molar-refractivity contribution in [1.29, 1.82) is 0 Å². The van der Waals surface area contributed by atoms with Gasteiger partial charge >= 0.3 is 0 Å². The third-order valence-corrected chi connectivity index (χ3v) is 0.415. The van der Waals surface area contributed by atoms with Crippen molar-refractivity contribution in [3.63, 3.8) is 0 Å². The molecule has 0 bridgehead atoms. The van der Waals surface area contributed by atoms with E-state index in [1.165, 1.54) is 6.08 Å². The van der Waals surface area contributed by atoms with Gasteiger partial charge in [0.15, 0.2) is 0 Å². The summed E-state index contributed by atoms with van der Waals surface area (Å²) in [6.45, 7) is 6.93. The van der Waals surface area contributed by atoms with Crippen LogP contribution in [0, 0.1) is 13.0 Å². The number of rotatable bonds is 2. The van der Waals surface area contributed by atoms with Crippen LogP contribution in [0.3, 0.4) is 0 Å².